The van der Waals surface area contributed by atoms with Gasteiger partial charge in [-0.25, -0.2) is 0 Å². The second-order valence-corrected chi connectivity index (χ2v) is 5.80. The van der Waals surface area contributed by atoms with E-state index >= 15 is 0 Å². The molecule has 0 aliphatic heterocycles. The van der Waals surface area contributed by atoms with Crippen LogP contribution in [0.15, 0.2) is 30.3 Å². The molecule has 0 radical (unpaired) electrons. The standard InChI is InChI=1S/C17H27N/c1-2-15-10-6-7-11-16(15)17(18)13-12-14-8-4-3-5-9-14/h3-5,8-9,15-17H,2,6-7,10-13,18H2,1H3. The normalized spacial score (nSPS) is 25.9. The molecular formula is C17H27N. The largest absolute Gasteiger partial charge is 0.327 e. The van der Waals surface area contributed by atoms with Crippen molar-refractivity contribution in [1.82, 2.24) is 0 Å². The third-order valence-electron chi connectivity index (χ3n) is 4.65. The van der Waals surface area contributed by atoms with E-state index in [2.05, 4.69) is 37.3 Å². The number of benzene rings is 1. The maximum Gasteiger partial charge on any atom is 0.00729 e. The topological polar surface area (TPSA) is 26.0 Å². The van der Waals surface area contributed by atoms with Gasteiger partial charge in [0.2, 0.25) is 0 Å². The van der Waals surface area contributed by atoms with Crippen LogP contribution < -0.4 is 5.73 Å². The fraction of sp³-hybridized carbons (Fsp3) is 0.647. The Hall–Kier alpha value is -0.820. The number of hydrogen-bond donors (Lipinski definition) is 1. The fourth-order valence-electron chi connectivity index (χ4n) is 3.50. The van der Waals surface area contributed by atoms with E-state index in [1.807, 2.05) is 0 Å². The summed E-state index contributed by atoms with van der Waals surface area (Å²) in [5.41, 5.74) is 7.89. The third-order valence-corrected chi connectivity index (χ3v) is 4.65. The summed E-state index contributed by atoms with van der Waals surface area (Å²) in [6.07, 6.45) is 9.15. The van der Waals surface area contributed by atoms with Crippen LogP contribution in [0.25, 0.3) is 0 Å². The average Bonchev–Trinajstić information content (AvgIpc) is 2.45. The molecule has 1 heteroatoms. The molecule has 1 saturated carbocycles. The lowest BCUT2D eigenvalue weighted by Gasteiger charge is -2.35. The molecule has 3 atom stereocenters. The van der Waals surface area contributed by atoms with Crippen LogP contribution in [-0.4, -0.2) is 6.04 Å². The Morgan fingerprint density at radius 3 is 2.61 bits per heavy atom. The van der Waals surface area contributed by atoms with Crippen LogP contribution in [-0.2, 0) is 6.42 Å². The second kappa shape index (κ2) is 6.94. The van der Waals surface area contributed by atoms with Crippen molar-refractivity contribution in [3.8, 4) is 0 Å². The lowest BCUT2D eigenvalue weighted by molar-refractivity contribution is 0.190. The van der Waals surface area contributed by atoms with Crippen molar-refractivity contribution in [1.29, 1.82) is 0 Å². The van der Waals surface area contributed by atoms with Crippen molar-refractivity contribution >= 4 is 0 Å². The number of aryl methyl sites for hydroxylation is 1. The van der Waals surface area contributed by atoms with E-state index in [1.54, 1.807) is 0 Å². The molecule has 1 nitrogen and oxygen atoms in total. The summed E-state index contributed by atoms with van der Waals surface area (Å²) in [5, 5.41) is 0. The first-order valence-corrected chi connectivity index (χ1v) is 7.60. The maximum atomic E-state index is 6.46. The van der Waals surface area contributed by atoms with E-state index in [-0.39, 0.29) is 0 Å². The Kier molecular flexibility index (Phi) is 5.25. The summed E-state index contributed by atoms with van der Waals surface area (Å²) >= 11 is 0. The van der Waals surface area contributed by atoms with E-state index < -0.39 is 0 Å². The van der Waals surface area contributed by atoms with Crippen molar-refractivity contribution in [3.05, 3.63) is 35.9 Å². The lowest BCUT2D eigenvalue weighted by Crippen LogP contribution is -2.37. The molecule has 0 bridgehead atoms. The molecular weight excluding hydrogens is 218 g/mol. The lowest BCUT2D eigenvalue weighted by atomic mass is 9.73. The predicted molar refractivity (Wildman–Crippen MR) is 78.5 cm³/mol. The Bertz CT molecular complexity index is 333. The summed E-state index contributed by atoms with van der Waals surface area (Å²) in [7, 11) is 0. The molecule has 100 valence electrons. The minimum Gasteiger partial charge on any atom is -0.327 e. The van der Waals surface area contributed by atoms with Gasteiger partial charge >= 0.3 is 0 Å². The van der Waals surface area contributed by atoms with Crippen LogP contribution in [0.2, 0.25) is 0 Å². The first-order valence-electron chi connectivity index (χ1n) is 7.60. The molecule has 18 heavy (non-hydrogen) atoms. The second-order valence-electron chi connectivity index (χ2n) is 5.80. The highest BCUT2D eigenvalue weighted by molar-refractivity contribution is 5.14. The summed E-state index contributed by atoms with van der Waals surface area (Å²) in [6, 6.07) is 11.1. The first-order chi connectivity index (χ1) is 8.81. The monoisotopic (exact) mass is 245 g/mol. The summed E-state index contributed by atoms with van der Waals surface area (Å²) < 4.78 is 0. The van der Waals surface area contributed by atoms with Gasteiger partial charge < -0.3 is 5.73 Å². The molecule has 0 saturated heterocycles. The van der Waals surface area contributed by atoms with Crippen molar-refractivity contribution in [2.75, 3.05) is 0 Å². The Morgan fingerprint density at radius 2 is 1.89 bits per heavy atom. The molecule has 1 aromatic rings. The molecule has 0 aromatic heterocycles. The molecule has 1 aliphatic carbocycles. The van der Waals surface area contributed by atoms with Crippen molar-refractivity contribution < 1.29 is 0 Å². The van der Waals surface area contributed by atoms with Crippen LogP contribution >= 0.6 is 0 Å². The van der Waals surface area contributed by atoms with Crippen molar-refractivity contribution in [2.24, 2.45) is 17.6 Å². The van der Waals surface area contributed by atoms with E-state index in [0.29, 0.717) is 6.04 Å². The molecule has 0 heterocycles. The molecule has 1 aliphatic rings. The minimum absolute atomic E-state index is 0.399. The molecule has 1 aromatic carbocycles. The van der Waals surface area contributed by atoms with Gasteiger partial charge in [-0.1, -0.05) is 62.9 Å². The van der Waals surface area contributed by atoms with Crippen LogP contribution in [0.4, 0.5) is 0 Å². The highest BCUT2D eigenvalue weighted by atomic mass is 14.7. The molecule has 0 spiro atoms. The predicted octanol–water partition coefficient (Wildman–Crippen LogP) is 4.16. The van der Waals surface area contributed by atoms with Crippen molar-refractivity contribution in [3.63, 3.8) is 0 Å². The fourth-order valence-corrected chi connectivity index (χ4v) is 3.50. The van der Waals surface area contributed by atoms with Gasteiger partial charge in [-0.05, 0) is 36.7 Å². The van der Waals surface area contributed by atoms with Gasteiger partial charge in [-0.2, -0.15) is 0 Å². The van der Waals surface area contributed by atoms with Crippen LogP contribution in [0.3, 0.4) is 0 Å². The summed E-state index contributed by atoms with van der Waals surface area (Å²) in [5.74, 6) is 1.65. The van der Waals surface area contributed by atoms with Gasteiger partial charge in [-0.15, -0.1) is 0 Å². The Labute approximate surface area is 112 Å². The van der Waals surface area contributed by atoms with E-state index in [4.69, 9.17) is 5.73 Å². The minimum atomic E-state index is 0.399. The maximum absolute atomic E-state index is 6.46. The van der Waals surface area contributed by atoms with Crippen LogP contribution in [0.1, 0.15) is 51.0 Å². The summed E-state index contributed by atoms with van der Waals surface area (Å²) in [4.78, 5) is 0. The molecule has 2 N–H and O–H groups in total. The molecule has 0 amide bonds. The van der Waals surface area contributed by atoms with Gasteiger partial charge in [0.15, 0.2) is 0 Å². The van der Waals surface area contributed by atoms with E-state index in [1.165, 1.54) is 37.7 Å². The Balaban J connectivity index is 1.85. The average molecular weight is 245 g/mol. The highest BCUT2D eigenvalue weighted by Crippen LogP contribution is 2.34. The van der Waals surface area contributed by atoms with Gasteiger partial charge in [0.05, 0.1) is 0 Å². The van der Waals surface area contributed by atoms with E-state index in [0.717, 1.165) is 24.7 Å². The zero-order valence-corrected chi connectivity index (χ0v) is 11.6. The quantitative estimate of drug-likeness (QED) is 0.828. The Morgan fingerprint density at radius 1 is 1.17 bits per heavy atom. The molecule has 1 fully saturated rings. The zero-order chi connectivity index (χ0) is 12.8. The smallest absolute Gasteiger partial charge is 0.00729 e. The molecule has 2 rings (SSSR count). The zero-order valence-electron chi connectivity index (χ0n) is 11.6. The highest BCUT2D eigenvalue weighted by Gasteiger charge is 2.28. The van der Waals surface area contributed by atoms with Gasteiger partial charge in [0.25, 0.3) is 0 Å². The van der Waals surface area contributed by atoms with Crippen molar-refractivity contribution in [2.45, 2.75) is 57.9 Å². The number of hydrogen-bond acceptors (Lipinski definition) is 1. The molecule has 3 unspecified atom stereocenters. The first kappa shape index (κ1) is 13.6. The third kappa shape index (κ3) is 3.58. The van der Waals surface area contributed by atoms with Gasteiger partial charge in [0.1, 0.15) is 0 Å². The number of rotatable bonds is 5. The number of nitrogens with two attached hydrogens (primary N) is 1. The van der Waals surface area contributed by atoms with Crippen LogP contribution in [0.5, 0.6) is 0 Å². The van der Waals surface area contributed by atoms with E-state index in [9.17, 15) is 0 Å². The summed E-state index contributed by atoms with van der Waals surface area (Å²) in [6.45, 7) is 2.33. The SMILES string of the molecule is CCC1CCCCC1C(N)CCc1ccccc1. The van der Waals surface area contributed by atoms with Gasteiger partial charge in [-0.3, -0.25) is 0 Å². The van der Waals surface area contributed by atoms with Gasteiger partial charge in [0, 0.05) is 6.04 Å². The van der Waals surface area contributed by atoms with Crippen LogP contribution in [0, 0.1) is 11.8 Å².